The lowest BCUT2D eigenvalue weighted by atomic mass is 9.82. The lowest BCUT2D eigenvalue weighted by Gasteiger charge is -2.32. The van der Waals surface area contributed by atoms with Crippen molar-refractivity contribution in [2.45, 2.75) is 38.9 Å². The summed E-state index contributed by atoms with van der Waals surface area (Å²) in [6.45, 7) is 11.8. The van der Waals surface area contributed by atoms with Gasteiger partial charge in [-0.1, -0.05) is 6.58 Å². The lowest BCUT2D eigenvalue weighted by Crippen LogP contribution is -2.41. The van der Waals surface area contributed by atoms with Crippen LogP contribution < -0.4 is 5.46 Å². The van der Waals surface area contributed by atoms with E-state index in [2.05, 4.69) is 11.7 Å². The molecule has 1 aliphatic heterocycles. The van der Waals surface area contributed by atoms with Gasteiger partial charge in [0.05, 0.1) is 11.2 Å². The van der Waals surface area contributed by atoms with Gasteiger partial charge in [-0.05, 0) is 27.7 Å². The van der Waals surface area contributed by atoms with E-state index in [9.17, 15) is 0 Å². The maximum Gasteiger partial charge on any atom is 0.498 e. The van der Waals surface area contributed by atoms with Crippen molar-refractivity contribution in [3.63, 3.8) is 0 Å². The molecule has 16 heavy (non-hydrogen) atoms. The van der Waals surface area contributed by atoms with Gasteiger partial charge in [-0.3, -0.25) is 0 Å². The summed E-state index contributed by atoms with van der Waals surface area (Å²) in [5, 5.41) is 4.11. The third-order valence-corrected chi connectivity index (χ3v) is 3.33. The minimum atomic E-state index is -0.348. The summed E-state index contributed by atoms with van der Waals surface area (Å²) < 4.78 is 13.4. The molecular weight excluding hydrogens is 203 g/mol. The van der Waals surface area contributed by atoms with Crippen LogP contribution in [0.2, 0.25) is 0 Å². The number of nitrogens with zero attached hydrogens (tertiary/aromatic N) is 2. The molecule has 0 unspecified atom stereocenters. The Morgan fingerprint density at radius 2 is 1.88 bits per heavy atom. The van der Waals surface area contributed by atoms with Crippen molar-refractivity contribution in [2.24, 2.45) is 0 Å². The SMILES string of the molecule is C=Cn1cc(B2OC(C)(C)C(C)(C)O2)cn1. The molecule has 0 N–H and O–H groups in total. The van der Waals surface area contributed by atoms with Crippen molar-refractivity contribution in [2.75, 3.05) is 0 Å². The fourth-order valence-electron chi connectivity index (χ4n) is 1.55. The molecule has 5 heteroatoms. The van der Waals surface area contributed by atoms with Gasteiger partial charge in [0.15, 0.2) is 0 Å². The molecule has 1 aromatic rings. The summed E-state index contributed by atoms with van der Waals surface area (Å²) in [6, 6.07) is 0. The zero-order valence-corrected chi connectivity index (χ0v) is 10.2. The van der Waals surface area contributed by atoms with Gasteiger partial charge in [-0.25, -0.2) is 4.68 Å². The third-order valence-electron chi connectivity index (χ3n) is 3.33. The fourth-order valence-corrected chi connectivity index (χ4v) is 1.55. The van der Waals surface area contributed by atoms with E-state index in [4.69, 9.17) is 9.31 Å². The fraction of sp³-hybridized carbons (Fsp3) is 0.545. The summed E-state index contributed by atoms with van der Waals surface area (Å²) in [7, 11) is -0.348. The monoisotopic (exact) mass is 220 g/mol. The molecule has 1 aliphatic rings. The van der Waals surface area contributed by atoms with Gasteiger partial charge in [0.1, 0.15) is 0 Å². The van der Waals surface area contributed by atoms with Gasteiger partial charge in [-0.15, -0.1) is 0 Å². The second-order valence-corrected chi connectivity index (χ2v) is 5.02. The summed E-state index contributed by atoms with van der Waals surface area (Å²) in [6.07, 6.45) is 5.23. The summed E-state index contributed by atoms with van der Waals surface area (Å²) in [5.41, 5.74) is 0.292. The molecular formula is C11H17BN2O2. The van der Waals surface area contributed by atoms with Gasteiger partial charge in [0.2, 0.25) is 0 Å². The molecule has 2 rings (SSSR count). The molecule has 0 aromatic carbocycles. The Hall–Kier alpha value is -1.07. The van der Waals surface area contributed by atoms with Crippen LogP contribution in [0.5, 0.6) is 0 Å². The zero-order chi connectivity index (χ0) is 12.0. The van der Waals surface area contributed by atoms with E-state index in [1.54, 1.807) is 17.1 Å². The van der Waals surface area contributed by atoms with Gasteiger partial charge < -0.3 is 9.31 Å². The largest absolute Gasteiger partial charge is 0.498 e. The third kappa shape index (κ3) is 1.70. The van der Waals surface area contributed by atoms with Crippen LogP contribution in [0.3, 0.4) is 0 Å². The van der Waals surface area contributed by atoms with Crippen LogP contribution in [0.25, 0.3) is 6.20 Å². The predicted octanol–water partition coefficient (Wildman–Crippen LogP) is 1.28. The van der Waals surface area contributed by atoms with Gasteiger partial charge in [0.25, 0.3) is 0 Å². The highest BCUT2D eigenvalue weighted by Crippen LogP contribution is 2.36. The summed E-state index contributed by atoms with van der Waals surface area (Å²) >= 11 is 0. The van der Waals surface area contributed by atoms with Crippen LogP contribution in [0, 0.1) is 0 Å². The molecule has 2 heterocycles. The minimum Gasteiger partial charge on any atom is -0.399 e. The van der Waals surface area contributed by atoms with Crippen LogP contribution >= 0.6 is 0 Å². The number of hydrogen-bond donors (Lipinski definition) is 0. The molecule has 1 aromatic heterocycles. The van der Waals surface area contributed by atoms with Crippen LogP contribution in [0.15, 0.2) is 19.0 Å². The molecule has 0 radical (unpaired) electrons. The maximum absolute atomic E-state index is 5.90. The first kappa shape index (κ1) is 11.4. The van der Waals surface area contributed by atoms with E-state index >= 15 is 0 Å². The molecule has 0 atom stereocenters. The van der Waals surface area contributed by atoms with Crippen molar-refractivity contribution in [1.29, 1.82) is 0 Å². The molecule has 4 nitrogen and oxygen atoms in total. The highest BCUT2D eigenvalue weighted by atomic mass is 16.7. The van der Waals surface area contributed by atoms with Crippen LogP contribution in [0.1, 0.15) is 27.7 Å². The standard InChI is InChI=1S/C11H17BN2O2/c1-6-14-8-9(7-13-14)12-15-10(2,3)11(4,5)16-12/h6-8H,1H2,2-5H3. The summed E-state index contributed by atoms with van der Waals surface area (Å²) in [5.74, 6) is 0. The molecule has 1 fully saturated rings. The lowest BCUT2D eigenvalue weighted by molar-refractivity contribution is 0.00578. The van der Waals surface area contributed by atoms with Crippen LogP contribution in [-0.4, -0.2) is 28.1 Å². The van der Waals surface area contributed by atoms with E-state index in [0.717, 1.165) is 5.46 Å². The normalized spacial score (nSPS) is 22.4. The molecule has 86 valence electrons. The van der Waals surface area contributed by atoms with Gasteiger partial charge in [0, 0.05) is 24.1 Å². The molecule has 0 aliphatic carbocycles. The average Bonchev–Trinajstić information content (AvgIpc) is 2.70. The highest BCUT2D eigenvalue weighted by Gasteiger charge is 2.52. The van der Waals surface area contributed by atoms with Crippen LogP contribution in [0.4, 0.5) is 0 Å². The van der Waals surface area contributed by atoms with Crippen LogP contribution in [-0.2, 0) is 9.31 Å². The van der Waals surface area contributed by atoms with E-state index in [1.807, 2.05) is 33.9 Å². The van der Waals surface area contributed by atoms with Crippen molar-refractivity contribution in [3.8, 4) is 0 Å². The Balaban J connectivity index is 2.23. The molecule has 0 amide bonds. The first-order chi connectivity index (χ1) is 7.36. The van der Waals surface area contributed by atoms with Crippen molar-refractivity contribution < 1.29 is 9.31 Å². The Labute approximate surface area is 96.4 Å². The summed E-state index contributed by atoms with van der Waals surface area (Å²) in [4.78, 5) is 0. The van der Waals surface area contributed by atoms with E-state index in [0.29, 0.717) is 0 Å². The predicted molar refractivity (Wildman–Crippen MR) is 64.3 cm³/mol. The number of hydrogen-bond acceptors (Lipinski definition) is 3. The van der Waals surface area contributed by atoms with Gasteiger partial charge in [-0.2, -0.15) is 5.10 Å². The smallest absolute Gasteiger partial charge is 0.399 e. The minimum absolute atomic E-state index is 0.312. The Morgan fingerprint density at radius 1 is 1.31 bits per heavy atom. The highest BCUT2D eigenvalue weighted by molar-refractivity contribution is 6.62. The maximum atomic E-state index is 5.90. The molecule has 0 bridgehead atoms. The van der Waals surface area contributed by atoms with Gasteiger partial charge >= 0.3 is 7.12 Å². The zero-order valence-electron chi connectivity index (χ0n) is 10.2. The topological polar surface area (TPSA) is 36.3 Å². The van der Waals surface area contributed by atoms with E-state index in [-0.39, 0.29) is 18.3 Å². The number of aromatic nitrogens is 2. The first-order valence-electron chi connectivity index (χ1n) is 5.38. The van der Waals surface area contributed by atoms with Crippen molar-refractivity contribution in [1.82, 2.24) is 9.78 Å². The molecule has 0 saturated carbocycles. The van der Waals surface area contributed by atoms with E-state index in [1.165, 1.54) is 0 Å². The Kier molecular flexibility index (Phi) is 2.47. The number of rotatable bonds is 2. The first-order valence-corrected chi connectivity index (χ1v) is 5.38. The second kappa shape index (κ2) is 3.47. The Bertz CT molecular complexity index is 396. The van der Waals surface area contributed by atoms with Crippen molar-refractivity contribution >= 4 is 18.8 Å². The molecule has 0 spiro atoms. The average molecular weight is 220 g/mol. The van der Waals surface area contributed by atoms with Crippen molar-refractivity contribution in [3.05, 3.63) is 19.0 Å². The second-order valence-electron chi connectivity index (χ2n) is 5.02. The Morgan fingerprint density at radius 3 is 2.31 bits per heavy atom. The molecule has 1 saturated heterocycles. The quantitative estimate of drug-likeness (QED) is 0.704. The van der Waals surface area contributed by atoms with E-state index < -0.39 is 0 Å².